The van der Waals surface area contributed by atoms with Crippen LogP contribution in [0.4, 0.5) is 11.4 Å². The average Bonchev–Trinajstić information content (AvgIpc) is 2.98. The molecule has 2 aromatic rings. The number of hydrogen-bond donors (Lipinski definition) is 1. The second-order valence-corrected chi connectivity index (χ2v) is 9.82. The summed E-state index contributed by atoms with van der Waals surface area (Å²) in [4.78, 5) is 40.3. The maximum Gasteiger partial charge on any atom is 0.255 e. The number of ether oxygens (including phenoxy) is 1. The number of carbonyl (C=O) groups excluding carboxylic acids is 3. The Bertz CT molecular complexity index is 984. The molecule has 6 nitrogen and oxygen atoms in total. The molecule has 2 aromatic carbocycles. The first-order chi connectivity index (χ1) is 14.4. The minimum absolute atomic E-state index is 0.149. The van der Waals surface area contributed by atoms with E-state index in [0.29, 0.717) is 35.5 Å². The minimum atomic E-state index is -0.331. The standard InChI is InChI=1S/C22H20Br2N2O4/c1-30-15-7-3-5-13(9-15)25-20(27)12-4-2-6-14(8-12)26-21(28)16-10-18(23)19(24)11-17(16)22(26)29/h2-9,16-19H,10-11H2,1H3,(H,25,27)/t16-,17-,18+,19+/m1/s1. The van der Waals surface area contributed by atoms with Crippen molar-refractivity contribution in [1.29, 1.82) is 0 Å². The quantitative estimate of drug-likeness (QED) is 0.466. The molecule has 4 rings (SSSR count). The number of halogens is 2. The van der Waals surface area contributed by atoms with E-state index in [1.165, 1.54) is 4.90 Å². The van der Waals surface area contributed by atoms with Crippen LogP contribution in [-0.4, -0.2) is 34.5 Å². The molecule has 1 N–H and O–H groups in total. The number of fused-ring (bicyclic) bond motifs is 1. The molecule has 0 aromatic heterocycles. The molecule has 8 heteroatoms. The van der Waals surface area contributed by atoms with Gasteiger partial charge in [-0.25, -0.2) is 0 Å². The number of amides is 3. The van der Waals surface area contributed by atoms with Crippen LogP contribution in [0.15, 0.2) is 48.5 Å². The summed E-state index contributed by atoms with van der Waals surface area (Å²) >= 11 is 7.19. The first-order valence-electron chi connectivity index (χ1n) is 9.60. The fourth-order valence-corrected chi connectivity index (χ4v) is 5.28. The summed E-state index contributed by atoms with van der Waals surface area (Å²) in [5.41, 5.74) is 1.38. The number of nitrogens with zero attached hydrogens (tertiary/aromatic N) is 1. The van der Waals surface area contributed by atoms with Crippen molar-refractivity contribution in [2.45, 2.75) is 22.5 Å². The Morgan fingerprint density at radius 1 is 1.00 bits per heavy atom. The van der Waals surface area contributed by atoms with E-state index in [4.69, 9.17) is 4.74 Å². The number of anilines is 2. The molecule has 2 aliphatic rings. The number of methoxy groups -OCH3 is 1. The molecule has 30 heavy (non-hydrogen) atoms. The van der Waals surface area contributed by atoms with Gasteiger partial charge in [0.25, 0.3) is 5.91 Å². The maximum absolute atomic E-state index is 13.0. The highest BCUT2D eigenvalue weighted by Crippen LogP contribution is 2.44. The van der Waals surface area contributed by atoms with Gasteiger partial charge in [-0.05, 0) is 43.2 Å². The van der Waals surface area contributed by atoms with E-state index in [9.17, 15) is 14.4 Å². The lowest BCUT2D eigenvalue weighted by Crippen LogP contribution is -2.34. The molecule has 4 atom stereocenters. The average molecular weight is 536 g/mol. The first kappa shape index (κ1) is 21.1. The van der Waals surface area contributed by atoms with Crippen molar-refractivity contribution in [1.82, 2.24) is 0 Å². The summed E-state index contributed by atoms with van der Waals surface area (Å²) in [6.45, 7) is 0. The number of alkyl halides is 2. The first-order valence-corrected chi connectivity index (χ1v) is 11.4. The molecule has 1 aliphatic heterocycles. The predicted molar refractivity (Wildman–Crippen MR) is 122 cm³/mol. The Kier molecular flexibility index (Phi) is 5.97. The van der Waals surface area contributed by atoms with Gasteiger partial charge in [-0.2, -0.15) is 0 Å². The summed E-state index contributed by atoms with van der Waals surface area (Å²) in [5.74, 6) is -0.747. The largest absolute Gasteiger partial charge is 0.497 e. The third-order valence-electron chi connectivity index (χ3n) is 5.61. The van der Waals surface area contributed by atoms with Gasteiger partial charge in [0.2, 0.25) is 11.8 Å². The van der Waals surface area contributed by atoms with Crippen LogP contribution >= 0.6 is 31.9 Å². The Morgan fingerprint density at radius 2 is 1.63 bits per heavy atom. The molecule has 1 aliphatic carbocycles. The van der Waals surface area contributed by atoms with Gasteiger partial charge in [-0.3, -0.25) is 19.3 Å². The van der Waals surface area contributed by atoms with Crippen molar-refractivity contribution in [3.63, 3.8) is 0 Å². The van der Waals surface area contributed by atoms with E-state index in [0.717, 1.165) is 0 Å². The van der Waals surface area contributed by atoms with Crippen LogP contribution in [0.2, 0.25) is 0 Å². The van der Waals surface area contributed by atoms with Gasteiger partial charge < -0.3 is 10.1 Å². The van der Waals surface area contributed by atoms with Crippen LogP contribution in [-0.2, 0) is 9.59 Å². The lowest BCUT2D eigenvalue weighted by atomic mass is 9.81. The summed E-state index contributed by atoms with van der Waals surface area (Å²) in [6, 6.07) is 13.6. The van der Waals surface area contributed by atoms with Gasteiger partial charge in [-0.15, -0.1) is 0 Å². The van der Waals surface area contributed by atoms with Crippen molar-refractivity contribution in [3.05, 3.63) is 54.1 Å². The van der Waals surface area contributed by atoms with Crippen LogP contribution in [0, 0.1) is 11.8 Å². The summed E-state index contributed by atoms with van der Waals surface area (Å²) in [7, 11) is 1.56. The zero-order chi connectivity index (χ0) is 21.4. The molecule has 156 valence electrons. The number of benzene rings is 2. The zero-order valence-electron chi connectivity index (χ0n) is 16.2. The van der Waals surface area contributed by atoms with Crippen LogP contribution in [0.5, 0.6) is 5.75 Å². The highest BCUT2D eigenvalue weighted by atomic mass is 79.9. The smallest absolute Gasteiger partial charge is 0.255 e. The third-order valence-corrected chi connectivity index (χ3v) is 8.34. The van der Waals surface area contributed by atoms with E-state index < -0.39 is 0 Å². The van der Waals surface area contributed by atoms with E-state index in [1.54, 1.807) is 55.6 Å². The molecule has 0 unspecified atom stereocenters. The molecular weight excluding hydrogens is 516 g/mol. The van der Waals surface area contributed by atoms with Crippen molar-refractivity contribution in [3.8, 4) is 5.75 Å². The molecule has 0 bridgehead atoms. The Labute approximate surface area is 191 Å². The topological polar surface area (TPSA) is 75.7 Å². The second kappa shape index (κ2) is 8.51. The maximum atomic E-state index is 13.0. The van der Waals surface area contributed by atoms with Crippen LogP contribution in [0.25, 0.3) is 0 Å². The lowest BCUT2D eigenvalue weighted by Gasteiger charge is -2.29. The van der Waals surface area contributed by atoms with E-state index >= 15 is 0 Å². The molecule has 1 saturated heterocycles. The molecule has 3 amide bonds. The number of nitrogens with one attached hydrogen (secondary N) is 1. The Morgan fingerprint density at radius 3 is 2.27 bits per heavy atom. The molecule has 0 radical (unpaired) electrons. The summed E-state index contributed by atoms with van der Waals surface area (Å²) < 4.78 is 5.17. The van der Waals surface area contributed by atoms with Crippen molar-refractivity contribution in [2.24, 2.45) is 11.8 Å². The lowest BCUT2D eigenvalue weighted by molar-refractivity contribution is -0.122. The third kappa shape index (κ3) is 3.90. The zero-order valence-corrected chi connectivity index (χ0v) is 19.4. The van der Waals surface area contributed by atoms with E-state index in [1.807, 2.05) is 0 Å². The second-order valence-electron chi connectivity index (χ2n) is 7.46. The SMILES string of the molecule is COc1cccc(NC(=O)c2cccc(N3C(=O)[C@@H]4C[C@H](Br)[C@@H](Br)C[C@H]4C3=O)c2)c1. The Hall–Kier alpha value is -2.19. The number of hydrogen-bond acceptors (Lipinski definition) is 4. The van der Waals surface area contributed by atoms with Gasteiger partial charge in [-0.1, -0.05) is 44.0 Å². The van der Waals surface area contributed by atoms with Crippen molar-refractivity contribution < 1.29 is 19.1 Å². The highest BCUT2D eigenvalue weighted by molar-refractivity contribution is 9.12. The monoisotopic (exact) mass is 534 g/mol. The molecule has 1 saturated carbocycles. The van der Waals surface area contributed by atoms with Crippen molar-refractivity contribution >= 4 is 61.0 Å². The fourth-order valence-electron chi connectivity index (χ4n) is 4.04. The van der Waals surface area contributed by atoms with Crippen LogP contribution in [0.1, 0.15) is 23.2 Å². The van der Waals surface area contributed by atoms with Gasteiger partial charge in [0.05, 0.1) is 24.6 Å². The molecular formula is C22H20Br2N2O4. The number of carbonyl (C=O) groups is 3. The highest BCUT2D eigenvalue weighted by Gasteiger charge is 2.52. The number of imide groups is 1. The molecule has 0 spiro atoms. The minimum Gasteiger partial charge on any atom is -0.497 e. The normalized spacial score (nSPS) is 25.8. The Balaban J connectivity index is 1.56. The van der Waals surface area contributed by atoms with Crippen LogP contribution in [0.3, 0.4) is 0 Å². The van der Waals surface area contributed by atoms with E-state index in [-0.39, 0.29) is 39.2 Å². The number of rotatable bonds is 4. The van der Waals surface area contributed by atoms with Crippen LogP contribution < -0.4 is 15.0 Å². The van der Waals surface area contributed by atoms with Gasteiger partial charge >= 0.3 is 0 Å². The molecule has 2 fully saturated rings. The van der Waals surface area contributed by atoms with Gasteiger partial charge in [0.1, 0.15) is 5.75 Å². The van der Waals surface area contributed by atoms with E-state index in [2.05, 4.69) is 37.2 Å². The van der Waals surface area contributed by atoms with Gasteiger partial charge in [0, 0.05) is 27.0 Å². The summed E-state index contributed by atoms with van der Waals surface area (Å²) in [6.07, 6.45) is 1.22. The van der Waals surface area contributed by atoms with Crippen molar-refractivity contribution in [2.75, 3.05) is 17.3 Å². The molecule has 1 heterocycles. The predicted octanol–water partition coefficient (Wildman–Crippen LogP) is 4.37. The van der Waals surface area contributed by atoms with Gasteiger partial charge in [0.15, 0.2) is 0 Å². The fraction of sp³-hybridized carbons (Fsp3) is 0.318. The summed E-state index contributed by atoms with van der Waals surface area (Å²) in [5, 5.41) is 2.81.